The first-order valence-electron chi connectivity index (χ1n) is 7.51. The van der Waals surface area contributed by atoms with E-state index in [1.54, 1.807) is 6.92 Å². The van der Waals surface area contributed by atoms with Crippen molar-refractivity contribution in [1.82, 2.24) is 9.80 Å². The van der Waals surface area contributed by atoms with Gasteiger partial charge in [0.15, 0.2) is 0 Å². The first-order valence-corrected chi connectivity index (χ1v) is 7.51. The highest BCUT2D eigenvalue weighted by Gasteiger charge is 2.39. The summed E-state index contributed by atoms with van der Waals surface area (Å²) in [6.07, 6.45) is 3.18. The second-order valence-corrected chi connectivity index (χ2v) is 7.29. The van der Waals surface area contributed by atoms with Crippen LogP contribution in [0.4, 0.5) is 4.79 Å². The van der Waals surface area contributed by atoms with Crippen LogP contribution in [0.3, 0.4) is 0 Å². The van der Waals surface area contributed by atoms with Gasteiger partial charge in [0.2, 0.25) is 0 Å². The van der Waals surface area contributed by atoms with E-state index in [9.17, 15) is 14.7 Å². The predicted octanol–water partition coefficient (Wildman–Crippen LogP) is 2.42. The van der Waals surface area contributed by atoms with E-state index >= 15 is 0 Å². The molecule has 1 N–H and O–H groups in total. The summed E-state index contributed by atoms with van der Waals surface area (Å²) in [5.74, 6) is -0.746. The zero-order chi connectivity index (χ0) is 15.0. The molecule has 2 aliphatic heterocycles. The van der Waals surface area contributed by atoms with Crippen molar-refractivity contribution < 1.29 is 14.7 Å². The molecule has 0 spiro atoms. The van der Waals surface area contributed by atoms with Crippen molar-refractivity contribution in [2.45, 2.75) is 46.5 Å². The summed E-state index contributed by atoms with van der Waals surface area (Å²) in [5, 5.41) is 9.21. The smallest absolute Gasteiger partial charge is 0.319 e. The van der Waals surface area contributed by atoms with Crippen LogP contribution in [0.1, 0.15) is 46.5 Å². The van der Waals surface area contributed by atoms with E-state index in [4.69, 9.17) is 0 Å². The van der Waals surface area contributed by atoms with Crippen LogP contribution in [0.15, 0.2) is 0 Å². The van der Waals surface area contributed by atoms with E-state index in [1.165, 1.54) is 0 Å². The molecule has 5 heteroatoms. The lowest BCUT2D eigenvalue weighted by atomic mass is 9.80. The van der Waals surface area contributed by atoms with E-state index in [1.807, 2.05) is 9.80 Å². The van der Waals surface area contributed by atoms with E-state index < -0.39 is 11.4 Å². The molecule has 0 unspecified atom stereocenters. The lowest BCUT2D eigenvalue weighted by Crippen LogP contribution is -2.52. The summed E-state index contributed by atoms with van der Waals surface area (Å²) < 4.78 is 0. The Morgan fingerprint density at radius 1 is 0.850 bits per heavy atom. The molecule has 2 saturated heterocycles. The topological polar surface area (TPSA) is 60.9 Å². The summed E-state index contributed by atoms with van der Waals surface area (Å²) in [4.78, 5) is 27.4. The van der Waals surface area contributed by atoms with Crippen LogP contribution in [0.2, 0.25) is 0 Å². The zero-order valence-electron chi connectivity index (χ0n) is 12.8. The number of aliphatic carboxylic acids is 1. The Bertz CT molecular complexity index is 388. The molecule has 114 valence electrons. The number of urea groups is 1. The molecular weight excluding hydrogens is 256 g/mol. The lowest BCUT2D eigenvalue weighted by Gasteiger charge is -2.42. The Balaban J connectivity index is 1.88. The van der Waals surface area contributed by atoms with Crippen LogP contribution >= 0.6 is 0 Å². The Morgan fingerprint density at radius 3 is 1.65 bits per heavy atom. The number of hydrogen-bond donors (Lipinski definition) is 1. The zero-order valence-corrected chi connectivity index (χ0v) is 12.8. The molecule has 0 aromatic carbocycles. The minimum Gasteiger partial charge on any atom is -0.481 e. The van der Waals surface area contributed by atoms with Gasteiger partial charge in [-0.15, -0.1) is 0 Å². The van der Waals surface area contributed by atoms with Gasteiger partial charge in [-0.25, -0.2) is 4.79 Å². The maximum atomic E-state index is 12.4. The first-order chi connectivity index (χ1) is 9.23. The third-order valence-electron chi connectivity index (χ3n) is 5.04. The van der Waals surface area contributed by atoms with Gasteiger partial charge in [0, 0.05) is 26.2 Å². The summed E-state index contributed by atoms with van der Waals surface area (Å²) in [6, 6.07) is 0.0907. The Kier molecular flexibility index (Phi) is 3.98. The molecule has 2 aliphatic rings. The van der Waals surface area contributed by atoms with Crippen molar-refractivity contribution in [3.05, 3.63) is 0 Å². The van der Waals surface area contributed by atoms with Gasteiger partial charge in [0.25, 0.3) is 0 Å². The highest BCUT2D eigenvalue weighted by molar-refractivity contribution is 5.77. The molecule has 2 amide bonds. The van der Waals surface area contributed by atoms with E-state index in [0.29, 0.717) is 31.3 Å². The van der Waals surface area contributed by atoms with Crippen LogP contribution in [-0.2, 0) is 4.79 Å². The number of likely N-dealkylation sites (tertiary alicyclic amines) is 2. The number of hydrogen-bond acceptors (Lipinski definition) is 2. The lowest BCUT2D eigenvalue weighted by molar-refractivity contribution is -0.150. The van der Waals surface area contributed by atoms with Crippen molar-refractivity contribution in [2.24, 2.45) is 10.8 Å². The van der Waals surface area contributed by atoms with Gasteiger partial charge in [-0.05, 0) is 38.0 Å². The van der Waals surface area contributed by atoms with E-state index in [2.05, 4.69) is 13.8 Å². The maximum absolute atomic E-state index is 12.4. The number of nitrogens with zero attached hydrogens (tertiary/aromatic N) is 2. The molecule has 2 heterocycles. The van der Waals surface area contributed by atoms with Crippen LogP contribution in [0.25, 0.3) is 0 Å². The Labute approximate surface area is 120 Å². The first kappa shape index (κ1) is 15.1. The molecule has 20 heavy (non-hydrogen) atoms. The monoisotopic (exact) mass is 282 g/mol. The van der Waals surface area contributed by atoms with Gasteiger partial charge in [-0.1, -0.05) is 13.8 Å². The quantitative estimate of drug-likeness (QED) is 0.803. The summed E-state index contributed by atoms with van der Waals surface area (Å²) >= 11 is 0. The largest absolute Gasteiger partial charge is 0.481 e. The van der Waals surface area contributed by atoms with Crippen molar-refractivity contribution in [2.75, 3.05) is 26.2 Å². The highest BCUT2D eigenvalue weighted by atomic mass is 16.4. The summed E-state index contributed by atoms with van der Waals surface area (Å²) in [6.45, 7) is 9.02. The van der Waals surface area contributed by atoms with Crippen molar-refractivity contribution in [3.8, 4) is 0 Å². The summed E-state index contributed by atoms with van der Waals surface area (Å²) in [5.41, 5.74) is -0.332. The van der Waals surface area contributed by atoms with Gasteiger partial charge in [-0.2, -0.15) is 0 Å². The van der Waals surface area contributed by atoms with Gasteiger partial charge < -0.3 is 14.9 Å². The van der Waals surface area contributed by atoms with E-state index in [0.717, 1.165) is 25.9 Å². The molecule has 0 saturated carbocycles. The van der Waals surface area contributed by atoms with E-state index in [-0.39, 0.29) is 6.03 Å². The molecule has 0 radical (unpaired) electrons. The number of rotatable bonds is 1. The fourth-order valence-corrected chi connectivity index (χ4v) is 2.91. The average Bonchev–Trinajstić information content (AvgIpc) is 2.38. The number of carbonyl (C=O) groups is 2. The highest BCUT2D eigenvalue weighted by Crippen LogP contribution is 2.33. The van der Waals surface area contributed by atoms with Gasteiger partial charge in [0.1, 0.15) is 0 Å². The molecule has 5 nitrogen and oxygen atoms in total. The third-order valence-corrected chi connectivity index (χ3v) is 5.04. The number of carboxylic acid groups (broad SMARTS) is 1. The second kappa shape index (κ2) is 5.26. The minimum atomic E-state index is -0.746. The van der Waals surface area contributed by atoms with Crippen LogP contribution in [0.5, 0.6) is 0 Å². The molecule has 0 aromatic heterocycles. The Morgan fingerprint density at radius 2 is 1.25 bits per heavy atom. The SMILES string of the molecule is CC1(C)CCN(C(=O)N2CCC(C)(C(=O)O)CC2)CC1. The van der Waals surface area contributed by atoms with Crippen molar-refractivity contribution in [1.29, 1.82) is 0 Å². The normalized spacial score (nSPS) is 25.4. The third kappa shape index (κ3) is 3.07. The van der Waals surface area contributed by atoms with Gasteiger partial charge in [-0.3, -0.25) is 4.79 Å². The number of carboxylic acids is 1. The number of piperidine rings is 2. The van der Waals surface area contributed by atoms with Crippen LogP contribution < -0.4 is 0 Å². The summed E-state index contributed by atoms with van der Waals surface area (Å²) in [7, 11) is 0. The fourth-order valence-electron chi connectivity index (χ4n) is 2.91. The average molecular weight is 282 g/mol. The van der Waals surface area contributed by atoms with Crippen LogP contribution in [-0.4, -0.2) is 53.1 Å². The molecule has 0 bridgehead atoms. The number of carbonyl (C=O) groups excluding carboxylic acids is 1. The standard InChI is InChI=1S/C15H26N2O3/c1-14(2)4-8-16(9-5-14)13(20)17-10-6-15(3,7-11-17)12(18)19/h4-11H2,1-3H3,(H,18,19). The number of amides is 2. The Hall–Kier alpha value is -1.26. The molecule has 0 aromatic rings. The molecule has 0 atom stereocenters. The van der Waals surface area contributed by atoms with Crippen molar-refractivity contribution in [3.63, 3.8) is 0 Å². The van der Waals surface area contributed by atoms with Crippen LogP contribution in [0, 0.1) is 10.8 Å². The molecule has 2 rings (SSSR count). The van der Waals surface area contributed by atoms with Crippen molar-refractivity contribution >= 4 is 12.0 Å². The second-order valence-electron chi connectivity index (χ2n) is 7.29. The minimum absolute atomic E-state index is 0.0907. The van der Waals surface area contributed by atoms with Gasteiger partial charge >= 0.3 is 12.0 Å². The van der Waals surface area contributed by atoms with Gasteiger partial charge in [0.05, 0.1) is 5.41 Å². The molecule has 2 fully saturated rings. The maximum Gasteiger partial charge on any atom is 0.319 e. The fraction of sp³-hybridized carbons (Fsp3) is 0.867. The predicted molar refractivity (Wildman–Crippen MR) is 76.5 cm³/mol. The molecular formula is C15H26N2O3. The molecule has 0 aliphatic carbocycles.